The van der Waals surface area contributed by atoms with E-state index in [9.17, 15) is 18.0 Å². The summed E-state index contributed by atoms with van der Waals surface area (Å²) >= 11 is 5.88. The first-order valence-corrected chi connectivity index (χ1v) is 14.6. The average molecular weight is 590 g/mol. The predicted molar refractivity (Wildman–Crippen MR) is 157 cm³/mol. The molecule has 0 spiro atoms. The van der Waals surface area contributed by atoms with E-state index in [1.807, 2.05) is 60.7 Å². The van der Waals surface area contributed by atoms with Gasteiger partial charge in [-0.15, -0.1) is 0 Å². The number of pyridine rings is 1. The Bertz CT molecular complexity index is 1820. The van der Waals surface area contributed by atoms with Gasteiger partial charge in [0.15, 0.2) is 0 Å². The van der Waals surface area contributed by atoms with Gasteiger partial charge < -0.3 is 10.3 Å². The van der Waals surface area contributed by atoms with Gasteiger partial charge in [0.05, 0.1) is 15.8 Å². The van der Waals surface area contributed by atoms with Crippen LogP contribution in [-0.4, -0.2) is 25.9 Å². The van der Waals surface area contributed by atoms with E-state index in [2.05, 4.69) is 15.0 Å². The first-order valence-electron chi connectivity index (χ1n) is 12.7. The second-order valence-corrected chi connectivity index (χ2v) is 11.6. The number of amides is 1. The second kappa shape index (κ2) is 12.1. The van der Waals surface area contributed by atoms with Gasteiger partial charge in [-0.2, -0.15) is 0 Å². The van der Waals surface area contributed by atoms with E-state index in [0.29, 0.717) is 5.02 Å². The number of benzene rings is 4. The number of hydrogen-bond acceptors (Lipinski definition) is 4. The number of aromatic amines is 1. The molecular weight excluding hydrogens is 565 g/mol. The van der Waals surface area contributed by atoms with Crippen LogP contribution in [0.1, 0.15) is 33.0 Å². The van der Waals surface area contributed by atoms with Gasteiger partial charge in [-0.3, -0.25) is 9.59 Å². The number of sulfonamides is 1. The molecule has 5 aromatic rings. The molecule has 0 saturated carbocycles. The van der Waals surface area contributed by atoms with Crippen molar-refractivity contribution in [3.8, 4) is 0 Å². The molecule has 0 bridgehead atoms. The Labute approximate surface area is 241 Å². The molecule has 0 saturated heterocycles. The van der Waals surface area contributed by atoms with E-state index in [0.717, 1.165) is 35.0 Å². The monoisotopic (exact) mass is 589 g/mol. The van der Waals surface area contributed by atoms with Crippen LogP contribution < -0.4 is 15.5 Å². The van der Waals surface area contributed by atoms with Gasteiger partial charge in [0, 0.05) is 30.2 Å². The third kappa shape index (κ3) is 6.38. The average Bonchev–Trinajstić information content (AvgIpc) is 2.98. The van der Waals surface area contributed by atoms with Gasteiger partial charge in [0.25, 0.3) is 5.91 Å². The Morgan fingerprint density at radius 3 is 2.12 bits per heavy atom. The maximum atomic E-state index is 15.0. The molecule has 3 N–H and O–H groups in total. The molecule has 0 aliphatic heterocycles. The lowest BCUT2D eigenvalue weighted by molar-refractivity contribution is 0.0949. The molecular formula is C31H25ClFN3O4S. The zero-order valence-electron chi connectivity index (χ0n) is 21.6. The number of carbonyl (C=O) groups excluding carboxylic acids is 1. The van der Waals surface area contributed by atoms with Crippen molar-refractivity contribution in [1.29, 1.82) is 0 Å². The topological polar surface area (TPSA) is 108 Å². The second-order valence-electron chi connectivity index (χ2n) is 9.39. The number of hydrogen-bond donors (Lipinski definition) is 3. The van der Waals surface area contributed by atoms with Gasteiger partial charge in [0.2, 0.25) is 15.5 Å². The van der Waals surface area contributed by atoms with Crippen LogP contribution in [-0.2, 0) is 16.6 Å². The molecule has 0 aliphatic rings. The summed E-state index contributed by atoms with van der Waals surface area (Å²) in [7, 11) is -4.24. The number of fused-ring (bicyclic) bond motifs is 1. The minimum Gasteiger partial charge on any atom is -0.358 e. The molecule has 0 atom stereocenters. The normalized spacial score (nSPS) is 11.6. The highest BCUT2D eigenvalue weighted by Gasteiger charge is 2.23. The lowest BCUT2D eigenvalue weighted by atomic mass is 9.92. The van der Waals surface area contributed by atoms with E-state index >= 15 is 4.39 Å². The lowest BCUT2D eigenvalue weighted by Crippen LogP contribution is -2.30. The van der Waals surface area contributed by atoms with Gasteiger partial charge in [-0.05, 0) is 41.0 Å². The number of nitrogens with one attached hydrogen (secondary N) is 3. The summed E-state index contributed by atoms with van der Waals surface area (Å²) < 4.78 is 44.3. The molecule has 0 fully saturated rings. The van der Waals surface area contributed by atoms with Crippen molar-refractivity contribution in [3.63, 3.8) is 0 Å². The lowest BCUT2D eigenvalue weighted by Gasteiger charge is -2.19. The largest absolute Gasteiger partial charge is 0.358 e. The van der Waals surface area contributed by atoms with Crippen LogP contribution in [0.25, 0.3) is 10.9 Å². The molecule has 0 unspecified atom stereocenters. The van der Waals surface area contributed by atoms with E-state index in [1.165, 1.54) is 0 Å². The molecule has 4 aromatic carbocycles. The van der Waals surface area contributed by atoms with Crippen molar-refractivity contribution >= 4 is 38.4 Å². The fourth-order valence-electron chi connectivity index (χ4n) is 4.54. The first-order chi connectivity index (χ1) is 19.7. The summed E-state index contributed by atoms with van der Waals surface area (Å²) in [5.74, 6) is -1.93. The number of H-pyrrole nitrogens is 1. The third-order valence-electron chi connectivity index (χ3n) is 6.72. The van der Waals surface area contributed by atoms with Crippen LogP contribution in [0.3, 0.4) is 0 Å². The molecule has 5 rings (SSSR count). The molecule has 7 nitrogen and oxygen atoms in total. The van der Waals surface area contributed by atoms with Crippen LogP contribution in [0.15, 0.2) is 113 Å². The van der Waals surface area contributed by atoms with Crippen molar-refractivity contribution in [1.82, 2.24) is 15.0 Å². The summed E-state index contributed by atoms with van der Waals surface area (Å²) in [6, 6.07) is 27.6. The highest BCUT2D eigenvalue weighted by molar-refractivity contribution is 7.89. The van der Waals surface area contributed by atoms with Crippen molar-refractivity contribution in [2.45, 2.75) is 17.4 Å². The zero-order valence-corrected chi connectivity index (χ0v) is 23.2. The summed E-state index contributed by atoms with van der Waals surface area (Å²) in [5.41, 5.74) is 1.29. The Balaban J connectivity index is 1.42. The molecule has 41 heavy (non-hydrogen) atoms. The molecule has 0 radical (unpaired) electrons. The molecule has 1 amide bonds. The Morgan fingerprint density at radius 1 is 0.902 bits per heavy atom. The zero-order chi connectivity index (χ0) is 29.0. The summed E-state index contributed by atoms with van der Waals surface area (Å²) in [6.45, 7) is 0.129. The minimum absolute atomic E-state index is 0.000479. The summed E-state index contributed by atoms with van der Waals surface area (Å²) in [6.07, 6.45) is 1.11. The maximum absolute atomic E-state index is 15.0. The minimum atomic E-state index is -4.24. The highest BCUT2D eigenvalue weighted by Crippen LogP contribution is 2.25. The maximum Gasteiger partial charge on any atom is 0.257 e. The SMILES string of the molecule is O=C(NCc1ccc(Cl)cc1)c1c[nH]c2c(F)cc(S(=O)(=O)NCC(c3ccccc3)c3ccccc3)cc2c1=O. The number of aromatic nitrogens is 1. The van der Waals surface area contributed by atoms with Crippen LogP contribution in [0.5, 0.6) is 0 Å². The quantitative estimate of drug-likeness (QED) is 0.215. The van der Waals surface area contributed by atoms with Gasteiger partial charge >= 0.3 is 0 Å². The van der Waals surface area contributed by atoms with Crippen molar-refractivity contribution in [3.05, 3.63) is 147 Å². The highest BCUT2D eigenvalue weighted by atomic mass is 35.5. The van der Waals surface area contributed by atoms with Crippen molar-refractivity contribution in [2.75, 3.05) is 6.54 Å². The third-order valence-corrected chi connectivity index (χ3v) is 8.37. The summed E-state index contributed by atoms with van der Waals surface area (Å²) in [5, 5.41) is 2.93. The number of carbonyl (C=O) groups is 1. The number of halogens is 2. The van der Waals surface area contributed by atoms with E-state index in [-0.39, 0.29) is 35.5 Å². The van der Waals surface area contributed by atoms with Crippen LogP contribution >= 0.6 is 11.6 Å². The number of rotatable bonds is 9. The molecule has 1 heterocycles. The molecule has 1 aromatic heterocycles. The Morgan fingerprint density at radius 2 is 1.51 bits per heavy atom. The fraction of sp³-hybridized carbons (Fsp3) is 0.0968. The van der Waals surface area contributed by atoms with Gasteiger partial charge in [0.1, 0.15) is 11.4 Å². The van der Waals surface area contributed by atoms with Crippen LogP contribution in [0, 0.1) is 5.82 Å². The Hall–Kier alpha value is -4.31. The first kappa shape index (κ1) is 28.2. The fourth-order valence-corrected chi connectivity index (χ4v) is 5.75. The van der Waals surface area contributed by atoms with E-state index in [1.54, 1.807) is 24.3 Å². The molecule has 208 valence electrons. The van der Waals surface area contributed by atoms with E-state index in [4.69, 9.17) is 11.6 Å². The van der Waals surface area contributed by atoms with E-state index < -0.39 is 32.1 Å². The standard InChI is InChI=1S/C31H25ClFN3O4S/c32-23-13-11-20(12-14-23)17-35-31(38)27-18-34-29-25(30(27)37)15-24(16-28(29)33)41(39,40)36-19-26(21-7-3-1-4-8-21)22-9-5-2-6-10-22/h1-16,18,26,36H,17,19H2,(H,34,37)(H,35,38). The van der Waals surface area contributed by atoms with Crippen LogP contribution in [0.4, 0.5) is 4.39 Å². The molecule has 0 aliphatic carbocycles. The van der Waals surface area contributed by atoms with Gasteiger partial charge in [-0.25, -0.2) is 17.5 Å². The van der Waals surface area contributed by atoms with Crippen molar-refractivity contribution < 1.29 is 17.6 Å². The predicted octanol–water partition coefficient (Wildman–Crippen LogP) is 5.36. The van der Waals surface area contributed by atoms with Crippen molar-refractivity contribution in [2.24, 2.45) is 0 Å². The molecule has 10 heteroatoms. The van der Waals surface area contributed by atoms with Gasteiger partial charge in [-0.1, -0.05) is 84.4 Å². The Kier molecular flexibility index (Phi) is 8.30. The van der Waals surface area contributed by atoms with Crippen LogP contribution in [0.2, 0.25) is 5.02 Å². The summed E-state index contributed by atoms with van der Waals surface area (Å²) in [4.78, 5) is 28.2. The smallest absolute Gasteiger partial charge is 0.257 e.